The lowest BCUT2D eigenvalue weighted by atomic mass is 10.0. The Morgan fingerprint density at radius 3 is 2.84 bits per heavy atom. The number of carbonyl (C=O) groups excluding carboxylic acids is 1. The molecule has 0 bridgehead atoms. The zero-order valence-corrected chi connectivity index (χ0v) is 15.1. The van der Waals surface area contributed by atoms with E-state index < -0.39 is 0 Å². The van der Waals surface area contributed by atoms with Gasteiger partial charge in [0.1, 0.15) is 17.3 Å². The SMILES string of the molecule is Cc1ccc(N2CCCNCC2)nc1C(=O)c1cccnc1N(C)C. The minimum atomic E-state index is -0.0795. The summed E-state index contributed by atoms with van der Waals surface area (Å²) in [5.41, 5.74) is 1.97. The van der Waals surface area contributed by atoms with Crippen LogP contribution in [0.3, 0.4) is 0 Å². The Morgan fingerprint density at radius 2 is 2.04 bits per heavy atom. The van der Waals surface area contributed by atoms with Gasteiger partial charge < -0.3 is 15.1 Å². The zero-order valence-electron chi connectivity index (χ0n) is 15.1. The molecule has 3 heterocycles. The third-order valence-corrected chi connectivity index (χ3v) is 4.42. The minimum Gasteiger partial charge on any atom is -0.362 e. The van der Waals surface area contributed by atoms with E-state index in [0.717, 1.165) is 44.0 Å². The Balaban J connectivity index is 1.96. The monoisotopic (exact) mass is 339 g/mol. The van der Waals surface area contributed by atoms with Gasteiger partial charge in [-0.3, -0.25) is 4.79 Å². The van der Waals surface area contributed by atoms with Gasteiger partial charge in [0.15, 0.2) is 0 Å². The molecule has 6 nitrogen and oxygen atoms in total. The van der Waals surface area contributed by atoms with E-state index in [1.165, 1.54) is 0 Å². The Hall–Kier alpha value is -2.47. The Labute approximate surface area is 148 Å². The van der Waals surface area contributed by atoms with Crippen molar-refractivity contribution in [2.45, 2.75) is 13.3 Å². The van der Waals surface area contributed by atoms with E-state index in [2.05, 4.69) is 15.2 Å². The Morgan fingerprint density at radius 1 is 1.20 bits per heavy atom. The highest BCUT2D eigenvalue weighted by Crippen LogP contribution is 2.22. The second-order valence-corrected chi connectivity index (χ2v) is 6.52. The quantitative estimate of drug-likeness (QED) is 0.858. The van der Waals surface area contributed by atoms with Crippen molar-refractivity contribution < 1.29 is 4.79 Å². The summed E-state index contributed by atoms with van der Waals surface area (Å²) in [4.78, 5) is 26.3. The molecule has 1 saturated heterocycles. The van der Waals surface area contributed by atoms with E-state index in [4.69, 9.17) is 4.98 Å². The number of aryl methyl sites for hydroxylation is 1. The number of hydrogen-bond donors (Lipinski definition) is 1. The fourth-order valence-electron chi connectivity index (χ4n) is 3.06. The van der Waals surface area contributed by atoms with Crippen LogP contribution in [0.4, 0.5) is 11.6 Å². The van der Waals surface area contributed by atoms with E-state index >= 15 is 0 Å². The van der Waals surface area contributed by atoms with Crippen molar-refractivity contribution in [2.24, 2.45) is 0 Å². The summed E-state index contributed by atoms with van der Waals surface area (Å²) in [6.45, 7) is 5.74. The third-order valence-electron chi connectivity index (χ3n) is 4.42. The van der Waals surface area contributed by atoms with Crippen LogP contribution >= 0.6 is 0 Å². The summed E-state index contributed by atoms with van der Waals surface area (Å²) >= 11 is 0. The minimum absolute atomic E-state index is 0.0795. The average Bonchev–Trinajstić information content (AvgIpc) is 2.91. The third kappa shape index (κ3) is 3.79. The normalized spacial score (nSPS) is 14.9. The number of anilines is 2. The number of rotatable bonds is 4. The molecule has 1 aliphatic heterocycles. The molecule has 1 fully saturated rings. The molecule has 2 aromatic heterocycles. The molecule has 0 unspecified atom stereocenters. The fourth-order valence-corrected chi connectivity index (χ4v) is 3.06. The molecule has 2 aromatic rings. The molecule has 25 heavy (non-hydrogen) atoms. The van der Waals surface area contributed by atoms with Gasteiger partial charge in [0.05, 0.1) is 5.56 Å². The van der Waals surface area contributed by atoms with Crippen molar-refractivity contribution in [3.63, 3.8) is 0 Å². The van der Waals surface area contributed by atoms with Crippen LogP contribution in [-0.4, -0.2) is 56.0 Å². The number of ketones is 1. The van der Waals surface area contributed by atoms with Crippen LogP contribution in [-0.2, 0) is 0 Å². The number of carbonyl (C=O) groups is 1. The molecule has 0 aliphatic carbocycles. The summed E-state index contributed by atoms with van der Waals surface area (Å²) in [5, 5.41) is 3.39. The van der Waals surface area contributed by atoms with Crippen LogP contribution in [0.25, 0.3) is 0 Å². The van der Waals surface area contributed by atoms with E-state index in [9.17, 15) is 4.79 Å². The van der Waals surface area contributed by atoms with Gasteiger partial charge in [-0.15, -0.1) is 0 Å². The van der Waals surface area contributed by atoms with Crippen molar-refractivity contribution in [3.8, 4) is 0 Å². The molecule has 6 heteroatoms. The van der Waals surface area contributed by atoms with Crippen molar-refractivity contribution in [3.05, 3.63) is 47.3 Å². The van der Waals surface area contributed by atoms with Gasteiger partial charge in [0.25, 0.3) is 0 Å². The number of nitrogens with zero attached hydrogens (tertiary/aromatic N) is 4. The molecule has 0 spiro atoms. The second-order valence-electron chi connectivity index (χ2n) is 6.52. The van der Waals surface area contributed by atoms with E-state index in [1.54, 1.807) is 12.3 Å². The molecule has 1 aliphatic rings. The van der Waals surface area contributed by atoms with Gasteiger partial charge in [-0.2, -0.15) is 0 Å². The highest BCUT2D eigenvalue weighted by molar-refractivity contribution is 6.11. The summed E-state index contributed by atoms with van der Waals surface area (Å²) in [7, 11) is 3.78. The van der Waals surface area contributed by atoms with Crippen LogP contribution in [0.2, 0.25) is 0 Å². The Bertz CT molecular complexity index is 751. The van der Waals surface area contributed by atoms with Gasteiger partial charge in [-0.1, -0.05) is 6.07 Å². The molecule has 1 N–H and O–H groups in total. The number of aromatic nitrogens is 2. The van der Waals surface area contributed by atoms with Gasteiger partial charge in [0, 0.05) is 39.9 Å². The van der Waals surface area contributed by atoms with Crippen molar-refractivity contribution >= 4 is 17.4 Å². The number of nitrogens with one attached hydrogen (secondary N) is 1. The molecule has 0 saturated carbocycles. The highest BCUT2D eigenvalue weighted by Gasteiger charge is 2.20. The van der Waals surface area contributed by atoms with E-state index in [-0.39, 0.29) is 5.78 Å². The standard InChI is InChI=1S/C19H25N5O/c1-14-7-8-16(24-12-5-9-20-11-13-24)22-17(14)18(25)15-6-4-10-21-19(15)23(2)3/h4,6-8,10,20H,5,9,11-13H2,1-3H3. The summed E-state index contributed by atoms with van der Waals surface area (Å²) < 4.78 is 0. The molecular formula is C19H25N5O. The van der Waals surface area contributed by atoms with Gasteiger partial charge in [-0.25, -0.2) is 9.97 Å². The number of hydrogen-bond acceptors (Lipinski definition) is 6. The molecule has 0 atom stereocenters. The largest absolute Gasteiger partial charge is 0.362 e. The van der Waals surface area contributed by atoms with E-state index in [1.807, 2.05) is 44.1 Å². The average molecular weight is 339 g/mol. The van der Waals surface area contributed by atoms with Crippen LogP contribution in [0.15, 0.2) is 30.5 Å². The lowest BCUT2D eigenvalue weighted by Gasteiger charge is -2.22. The van der Waals surface area contributed by atoms with E-state index in [0.29, 0.717) is 17.1 Å². The summed E-state index contributed by atoms with van der Waals surface area (Å²) in [6, 6.07) is 7.60. The van der Waals surface area contributed by atoms with Crippen LogP contribution < -0.4 is 15.1 Å². The lowest BCUT2D eigenvalue weighted by molar-refractivity contribution is 0.103. The molecule has 0 amide bonds. The van der Waals surface area contributed by atoms with Crippen LogP contribution in [0.5, 0.6) is 0 Å². The fraction of sp³-hybridized carbons (Fsp3) is 0.421. The first-order chi connectivity index (χ1) is 12.1. The summed E-state index contributed by atoms with van der Waals surface area (Å²) in [5.74, 6) is 1.45. The molecule has 0 aromatic carbocycles. The van der Waals surface area contributed by atoms with Gasteiger partial charge >= 0.3 is 0 Å². The van der Waals surface area contributed by atoms with Crippen molar-refractivity contribution in [2.75, 3.05) is 50.1 Å². The maximum Gasteiger partial charge on any atom is 0.215 e. The van der Waals surface area contributed by atoms with Crippen molar-refractivity contribution in [1.82, 2.24) is 15.3 Å². The van der Waals surface area contributed by atoms with Gasteiger partial charge in [0.2, 0.25) is 5.78 Å². The highest BCUT2D eigenvalue weighted by atomic mass is 16.1. The first-order valence-electron chi connectivity index (χ1n) is 8.68. The smallest absolute Gasteiger partial charge is 0.215 e. The molecule has 3 rings (SSSR count). The Kier molecular flexibility index (Phi) is 5.28. The molecule has 132 valence electrons. The summed E-state index contributed by atoms with van der Waals surface area (Å²) in [6.07, 6.45) is 2.78. The second kappa shape index (κ2) is 7.61. The lowest BCUT2D eigenvalue weighted by Crippen LogP contribution is -2.29. The van der Waals surface area contributed by atoms with Gasteiger partial charge in [-0.05, 0) is 43.7 Å². The first kappa shape index (κ1) is 17.4. The van der Waals surface area contributed by atoms with Crippen LogP contribution in [0.1, 0.15) is 28.0 Å². The zero-order chi connectivity index (χ0) is 17.8. The molecule has 0 radical (unpaired) electrons. The maximum absolute atomic E-state index is 13.1. The maximum atomic E-state index is 13.1. The first-order valence-corrected chi connectivity index (χ1v) is 8.68. The number of pyridine rings is 2. The predicted molar refractivity (Wildman–Crippen MR) is 101 cm³/mol. The molecular weight excluding hydrogens is 314 g/mol. The predicted octanol–water partition coefficient (Wildman–Crippen LogP) is 1.88. The van der Waals surface area contributed by atoms with Crippen molar-refractivity contribution in [1.29, 1.82) is 0 Å². The van der Waals surface area contributed by atoms with Crippen LogP contribution in [0, 0.1) is 6.92 Å². The topological polar surface area (TPSA) is 61.4 Å².